The summed E-state index contributed by atoms with van der Waals surface area (Å²) in [5.74, 6) is 1.57. The summed E-state index contributed by atoms with van der Waals surface area (Å²) in [6.07, 6.45) is 7.00. The summed E-state index contributed by atoms with van der Waals surface area (Å²) in [4.78, 5) is 26.6. The summed E-state index contributed by atoms with van der Waals surface area (Å²) in [6.45, 7) is 0.492. The van der Waals surface area contributed by atoms with Crippen LogP contribution in [0, 0.1) is 12.3 Å². The second-order valence-corrected chi connectivity index (χ2v) is 6.05. The number of aromatic nitrogens is 2. The molecule has 1 saturated heterocycles. The first-order valence-electron chi connectivity index (χ1n) is 6.65. The molecule has 0 N–H and O–H groups in total. The SMILES string of the molecule is C#CC(=O)OC1CCN(C)C(=O)N1c1nnc(C2CC2)s1. The molecule has 0 radical (unpaired) electrons. The van der Waals surface area contributed by atoms with Gasteiger partial charge in [-0.3, -0.25) is 0 Å². The first-order valence-corrected chi connectivity index (χ1v) is 7.46. The van der Waals surface area contributed by atoms with Gasteiger partial charge in [0, 0.05) is 31.9 Å². The average molecular weight is 306 g/mol. The number of urea groups is 1. The Balaban J connectivity index is 1.86. The molecule has 1 unspecified atom stereocenters. The van der Waals surface area contributed by atoms with E-state index < -0.39 is 12.2 Å². The molecule has 7 nitrogen and oxygen atoms in total. The molecule has 1 aromatic heterocycles. The third-order valence-corrected chi connectivity index (χ3v) is 4.54. The zero-order chi connectivity index (χ0) is 15.0. The van der Waals surface area contributed by atoms with Crippen LogP contribution in [0.2, 0.25) is 0 Å². The number of hydrogen-bond donors (Lipinski definition) is 0. The van der Waals surface area contributed by atoms with Crippen LogP contribution in [0.25, 0.3) is 0 Å². The lowest BCUT2D eigenvalue weighted by molar-refractivity contribution is -0.142. The number of rotatable bonds is 3. The molecule has 0 spiro atoms. The molecule has 0 aromatic carbocycles. The quantitative estimate of drug-likeness (QED) is 0.476. The largest absolute Gasteiger partial charge is 0.431 e. The van der Waals surface area contributed by atoms with Gasteiger partial charge in [-0.2, -0.15) is 0 Å². The second kappa shape index (κ2) is 5.33. The van der Waals surface area contributed by atoms with E-state index in [1.807, 2.05) is 5.92 Å². The third kappa shape index (κ3) is 2.69. The van der Waals surface area contributed by atoms with E-state index >= 15 is 0 Å². The van der Waals surface area contributed by atoms with Crippen LogP contribution < -0.4 is 4.90 Å². The Labute approximate surface area is 125 Å². The minimum atomic E-state index is -0.783. The zero-order valence-electron chi connectivity index (χ0n) is 11.5. The van der Waals surface area contributed by atoms with Crippen LogP contribution in [0.3, 0.4) is 0 Å². The normalized spacial score (nSPS) is 22.1. The van der Waals surface area contributed by atoms with E-state index in [-0.39, 0.29) is 6.03 Å². The van der Waals surface area contributed by atoms with E-state index in [0.29, 0.717) is 24.0 Å². The van der Waals surface area contributed by atoms with Crippen LogP contribution in [-0.2, 0) is 9.53 Å². The molecule has 2 amide bonds. The van der Waals surface area contributed by atoms with Crippen molar-refractivity contribution in [3.63, 3.8) is 0 Å². The third-order valence-electron chi connectivity index (χ3n) is 3.46. The summed E-state index contributed by atoms with van der Waals surface area (Å²) in [5, 5.41) is 9.57. The van der Waals surface area contributed by atoms with E-state index in [0.717, 1.165) is 17.8 Å². The van der Waals surface area contributed by atoms with Crippen molar-refractivity contribution in [2.75, 3.05) is 18.5 Å². The van der Waals surface area contributed by atoms with Crippen molar-refractivity contribution in [2.45, 2.75) is 31.4 Å². The topological polar surface area (TPSA) is 75.6 Å². The molecule has 2 heterocycles. The van der Waals surface area contributed by atoms with Gasteiger partial charge in [0.15, 0.2) is 6.23 Å². The van der Waals surface area contributed by atoms with Crippen LogP contribution in [0.5, 0.6) is 0 Å². The van der Waals surface area contributed by atoms with Crippen LogP contribution >= 0.6 is 11.3 Å². The summed E-state index contributed by atoms with van der Waals surface area (Å²) in [7, 11) is 1.69. The molecule has 1 saturated carbocycles. The Morgan fingerprint density at radius 2 is 2.19 bits per heavy atom. The van der Waals surface area contributed by atoms with Crippen LogP contribution in [0.4, 0.5) is 9.93 Å². The summed E-state index contributed by atoms with van der Waals surface area (Å²) >= 11 is 1.37. The fraction of sp³-hybridized carbons (Fsp3) is 0.538. The first kappa shape index (κ1) is 13.8. The highest BCUT2D eigenvalue weighted by atomic mass is 32.1. The monoisotopic (exact) mass is 306 g/mol. The molecule has 1 atom stereocenters. The first-order chi connectivity index (χ1) is 10.1. The maximum absolute atomic E-state index is 12.3. The van der Waals surface area contributed by atoms with Gasteiger partial charge < -0.3 is 9.64 Å². The number of nitrogens with zero attached hydrogens (tertiary/aromatic N) is 4. The van der Waals surface area contributed by atoms with Gasteiger partial charge in [-0.15, -0.1) is 16.6 Å². The molecule has 8 heteroatoms. The van der Waals surface area contributed by atoms with Gasteiger partial charge >= 0.3 is 12.0 Å². The van der Waals surface area contributed by atoms with Crippen molar-refractivity contribution >= 4 is 28.5 Å². The maximum atomic E-state index is 12.3. The molecule has 2 aliphatic rings. The van der Waals surface area contributed by atoms with E-state index in [2.05, 4.69) is 10.2 Å². The minimum absolute atomic E-state index is 0.269. The lowest BCUT2D eigenvalue weighted by Crippen LogP contribution is -2.54. The Morgan fingerprint density at radius 1 is 1.43 bits per heavy atom. The van der Waals surface area contributed by atoms with Crippen molar-refractivity contribution in [1.82, 2.24) is 15.1 Å². The number of terminal acetylenes is 1. The molecule has 0 bridgehead atoms. The number of anilines is 1. The predicted molar refractivity (Wildman–Crippen MR) is 75.7 cm³/mol. The molecular formula is C13H14N4O3S. The Morgan fingerprint density at radius 3 is 2.86 bits per heavy atom. The van der Waals surface area contributed by atoms with E-state index in [4.69, 9.17) is 11.2 Å². The molecule has 2 fully saturated rings. The number of carbonyl (C=O) groups is 2. The van der Waals surface area contributed by atoms with Crippen molar-refractivity contribution in [3.8, 4) is 12.3 Å². The van der Waals surface area contributed by atoms with Crippen LogP contribution in [0.1, 0.15) is 30.2 Å². The van der Waals surface area contributed by atoms with Gasteiger partial charge in [0.1, 0.15) is 5.01 Å². The predicted octanol–water partition coefficient (Wildman–Crippen LogP) is 1.18. The molecular weight excluding hydrogens is 292 g/mol. The number of esters is 1. The van der Waals surface area contributed by atoms with Gasteiger partial charge in [0.2, 0.25) is 5.13 Å². The van der Waals surface area contributed by atoms with E-state index in [1.165, 1.54) is 16.2 Å². The standard InChI is InChI=1S/C13H14N4O3S/c1-3-10(18)20-9-6-7-16(2)13(19)17(9)12-15-14-11(21-12)8-4-5-8/h1,8-9H,4-7H2,2H3. The molecule has 1 aromatic rings. The van der Waals surface area contributed by atoms with E-state index in [1.54, 1.807) is 11.9 Å². The second-order valence-electron chi connectivity index (χ2n) is 5.06. The highest BCUT2D eigenvalue weighted by Gasteiger charge is 2.38. The molecule has 21 heavy (non-hydrogen) atoms. The molecule has 3 rings (SSSR count). The fourth-order valence-electron chi connectivity index (χ4n) is 2.13. The smallest absolute Gasteiger partial charge is 0.386 e. The molecule has 1 aliphatic carbocycles. The Kier molecular flexibility index (Phi) is 3.51. The van der Waals surface area contributed by atoms with Gasteiger partial charge in [0.05, 0.1) is 0 Å². The highest BCUT2D eigenvalue weighted by Crippen LogP contribution is 2.43. The zero-order valence-corrected chi connectivity index (χ0v) is 12.3. The van der Waals surface area contributed by atoms with Crippen LogP contribution in [-0.4, -0.2) is 46.9 Å². The van der Waals surface area contributed by atoms with Crippen molar-refractivity contribution in [2.24, 2.45) is 0 Å². The van der Waals surface area contributed by atoms with Crippen molar-refractivity contribution in [1.29, 1.82) is 0 Å². The minimum Gasteiger partial charge on any atom is -0.431 e. The lowest BCUT2D eigenvalue weighted by atomic mass is 10.3. The van der Waals surface area contributed by atoms with E-state index in [9.17, 15) is 9.59 Å². The summed E-state index contributed by atoms with van der Waals surface area (Å²) in [5.41, 5.74) is 0. The number of hydrogen-bond acceptors (Lipinski definition) is 6. The van der Waals surface area contributed by atoms with Gasteiger partial charge in [0.25, 0.3) is 0 Å². The highest BCUT2D eigenvalue weighted by molar-refractivity contribution is 7.15. The Hall–Kier alpha value is -2.14. The number of ether oxygens (including phenoxy) is 1. The Bertz CT molecular complexity index is 619. The fourth-order valence-corrected chi connectivity index (χ4v) is 3.18. The number of carbonyl (C=O) groups excluding carboxylic acids is 2. The number of amides is 2. The van der Waals surface area contributed by atoms with Crippen molar-refractivity contribution in [3.05, 3.63) is 5.01 Å². The van der Waals surface area contributed by atoms with Crippen LogP contribution in [0.15, 0.2) is 0 Å². The maximum Gasteiger partial charge on any atom is 0.386 e. The van der Waals surface area contributed by atoms with Gasteiger partial charge in [-0.1, -0.05) is 11.3 Å². The van der Waals surface area contributed by atoms with Crippen molar-refractivity contribution < 1.29 is 14.3 Å². The summed E-state index contributed by atoms with van der Waals surface area (Å²) in [6, 6.07) is -0.269. The lowest BCUT2D eigenvalue weighted by Gasteiger charge is -2.36. The average Bonchev–Trinajstić information content (AvgIpc) is 3.22. The molecule has 1 aliphatic heterocycles. The summed E-state index contributed by atoms with van der Waals surface area (Å²) < 4.78 is 5.15. The van der Waals surface area contributed by atoms with Gasteiger partial charge in [-0.05, 0) is 12.8 Å². The van der Waals surface area contributed by atoms with Gasteiger partial charge in [-0.25, -0.2) is 14.5 Å². The molecule has 110 valence electrons.